The van der Waals surface area contributed by atoms with Gasteiger partial charge in [0.2, 0.25) is 16.0 Å². The van der Waals surface area contributed by atoms with Crippen molar-refractivity contribution in [2.75, 3.05) is 11.0 Å². The molecule has 37 heavy (non-hydrogen) atoms. The molecule has 0 amide bonds. The van der Waals surface area contributed by atoms with Crippen molar-refractivity contribution in [1.82, 2.24) is 14.3 Å². The third-order valence-electron chi connectivity index (χ3n) is 4.15. The lowest BCUT2D eigenvalue weighted by Crippen LogP contribution is -2.35. The van der Waals surface area contributed by atoms with Gasteiger partial charge in [0, 0.05) is 34.9 Å². The van der Waals surface area contributed by atoms with Crippen molar-refractivity contribution in [2.45, 2.75) is 11.4 Å². The van der Waals surface area contributed by atoms with Crippen LogP contribution in [0.15, 0.2) is 59.9 Å². The van der Waals surface area contributed by atoms with Gasteiger partial charge in [-0.25, -0.2) is 12.8 Å². The van der Waals surface area contributed by atoms with Crippen LogP contribution in [0.1, 0.15) is 5.69 Å². The number of guanidine groups is 2. The topological polar surface area (TPSA) is 229 Å². The molecule has 2 heterocycles. The van der Waals surface area contributed by atoms with Crippen molar-refractivity contribution in [3.8, 4) is 0 Å². The normalized spacial score (nSPS) is 10.0. The van der Waals surface area contributed by atoms with E-state index in [1.54, 1.807) is 18.2 Å². The summed E-state index contributed by atoms with van der Waals surface area (Å²) in [4.78, 5) is 19.2. The highest BCUT2D eigenvalue weighted by molar-refractivity contribution is 7.89. The smallest absolute Gasteiger partial charge is 0.318 e. The Hall–Kier alpha value is -3.14. The van der Waals surface area contributed by atoms with E-state index in [1.807, 2.05) is 0 Å². The Balaban J connectivity index is 0. The summed E-state index contributed by atoms with van der Waals surface area (Å²) >= 11 is 5.99. The van der Waals surface area contributed by atoms with Crippen molar-refractivity contribution in [2.24, 2.45) is 17.2 Å². The number of carbonyl (C=O) groups is 1. The van der Waals surface area contributed by atoms with Gasteiger partial charge in [0.05, 0.1) is 29.0 Å². The summed E-state index contributed by atoms with van der Waals surface area (Å²) in [7, 11) is -4.16. The van der Waals surface area contributed by atoms with Gasteiger partial charge in [-0.3, -0.25) is 25.6 Å². The van der Waals surface area contributed by atoms with Gasteiger partial charge in [0.25, 0.3) is 0 Å². The summed E-state index contributed by atoms with van der Waals surface area (Å²) in [6.45, 7) is -0.930. The molecular weight excluding hydrogens is 592 g/mol. The number of nitrogens with one attached hydrogen (secondary N) is 2. The second-order valence-electron chi connectivity index (χ2n) is 6.65. The minimum Gasteiger partial charge on any atom is -0.480 e. The van der Waals surface area contributed by atoms with E-state index < -0.39 is 28.5 Å². The van der Waals surface area contributed by atoms with Gasteiger partial charge >= 0.3 is 5.97 Å². The number of fused-ring (bicyclic) bond motifs is 1. The van der Waals surface area contributed by atoms with Gasteiger partial charge in [-0.2, -0.15) is 4.31 Å². The molecule has 9 N–H and O–H groups in total. The summed E-state index contributed by atoms with van der Waals surface area (Å²) < 4.78 is 28.1. The minimum atomic E-state index is -4.16. The highest BCUT2D eigenvalue weighted by Crippen LogP contribution is 2.29. The zero-order valence-corrected chi connectivity index (χ0v) is 22.8. The summed E-state index contributed by atoms with van der Waals surface area (Å²) in [5.74, 6) is -2.05. The molecule has 0 aliphatic heterocycles. The fourth-order valence-electron chi connectivity index (χ4n) is 2.78. The van der Waals surface area contributed by atoms with E-state index >= 15 is 0 Å². The number of nitrogens with zero attached hydrogens (tertiary/aromatic N) is 4. The summed E-state index contributed by atoms with van der Waals surface area (Å²) in [5, 5.41) is 23.7. The molecule has 13 nitrogen and oxygen atoms in total. The molecule has 3 rings (SSSR count). The fraction of sp³-hybridized carbons (Fsp3) is 0.105. The Morgan fingerprint density at radius 1 is 1.05 bits per heavy atom. The van der Waals surface area contributed by atoms with E-state index in [0.717, 1.165) is 8.72 Å². The molecule has 0 bridgehead atoms. The van der Waals surface area contributed by atoms with Gasteiger partial charge in [-0.05, 0) is 24.3 Å². The first-order valence-corrected chi connectivity index (χ1v) is 11.1. The van der Waals surface area contributed by atoms with E-state index in [9.17, 15) is 18.3 Å². The van der Waals surface area contributed by atoms with Crippen LogP contribution in [0.3, 0.4) is 0 Å². The number of carboxylic acid groups (broad SMARTS) is 1. The van der Waals surface area contributed by atoms with Crippen molar-refractivity contribution >= 4 is 93.4 Å². The van der Waals surface area contributed by atoms with Gasteiger partial charge in [0.15, 0.2) is 5.96 Å². The van der Waals surface area contributed by atoms with E-state index in [-0.39, 0.29) is 54.6 Å². The minimum absolute atomic E-state index is 0. The van der Waals surface area contributed by atoms with Crippen LogP contribution in [-0.4, -0.2) is 52.2 Å². The number of carboxylic acids is 1. The van der Waals surface area contributed by atoms with Crippen LogP contribution in [0.5, 0.6) is 0 Å². The number of nitrogens with two attached hydrogens (primary N) is 3. The molecule has 0 radical (unpaired) electrons. The van der Waals surface area contributed by atoms with Gasteiger partial charge in [0.1, 0.15) is 6.54 Å². The Kier molecular flexibility index (Phi) is 15.4. The maximum Gasteiger partial charge on any atom is 0.318 e. The molecular formula is C19H25Cl4N9O4S. The highest BCUT2D eigenvalue weighted by Gasteiger charge is 2.28. The molecule has 0 saturated heterocycles. The number of aromatic nitrogens is 2. The van der Waals surface area contributed by atoms with Crippen LogP contribution in [0.4, 0.5) is 5.69 Å². The molecule has 2 aromatic heterocycles. The quantitative estimate of drug-likeness (QED) is 0.128. The molecule has 0 atom stereocenters. The summed E-state index contributed by atoms with van der Waals surface area (Å²) in [6, 6.07) is 9.16. The van der Waals surface area contributed by atoms with Gasteiger partial charge in [-0.1, -0.05) is 12.1 Å². The molecule has 0 fully saturated rings. The number of hydrogen-bond donors (Lipinski definition) is 6. The number of rotatable bonds is 7. The average molecular weight is 617 g/mol. The Morgan fingerprint density at radius 2 is 1.68 bits per heavy atom. The number of aliphatic carboxylic acids is 1. The molecule has 1 aromatic carbocycles. The SMILES string of the molecule is Cl.Cl.Cl.N=C(N)N.N=C(N)N(Cl)c1cncc2cc(S(=O)(=O)N(CC(=O)O)Cc3ccccn3)ccc12. The maximum atomic E-state index is 13.2. The summed E-state index contributed by atoms with van der Waals surface area (Å²) in [5.41, 5.74) is 15.1. The zero-order chi connectivity index (χ0) is 25.5. The monoisotopic (exact) mass is 615 g/mol. The predicted octanol–water partition coefficient (Wildman–Crippen LogP) is 1.86. The standard InChI is InChI=1S/C18H17ClN6O4S.CH5N3.3ClH/c19-25(18(20)21)16-9-22-8-12-7-14(4-5-15(12)16)30(28,29)24(11-17(26)27)10-13-3-1-2-6-23-13;2-1(3)4;;;/h1-9H,10-11H2,(H3,20,21)(H,26,27);(H5,2,3,4);3*1H. The largest absolute Gasteiger partial charge is 0.480 e. The van der Waals surface area contributed by atoms with Crippen LogP contribution < -0.4 is 21.6 Å². The van der Waals surface area contributed by atoms with Gasteiger partial charge in [-0.15, -0.1) is 37.2 Å². The number of benzene rings is 1. The number of anilines is 1. The van der Waals surface area contributed by atoms with E-state index in [0.29, 0.717) is 22.2 Å². The Morgan fingerprint density at radius 3 is 2.19 bits per heavy atom. The Bertz CT molecular complexity index is 1310. The molecule has 0 unspecified atom stereocenters. The molecule has 0 aliphatic rings. The van der Waals surface area contributed by atoms with Gasteiger partial charge < -0.3 is 22.3 Å². The zero-order valence-electron chi connectivity index (χ0n) is 18.8. The van der Waals surface area contributed by atoms with Crippen molar-refractivity contribution in [3.63, 3.8) is 0 Å². The summed E-state index contributed by atoms with van der Waals surface area (Å²) in [6.07, 6.45) is 4.32. The Labute approximate surface area is 236 Å². The second kappa shape index (κ2) is 15.9. The first-order valence-electron chi connectivity index (χ1n) is 9.32. The second-order valence-corrected chi connectivity index (χ2v) is 8.93. The van der Waals surface area contributed by atoms with Crippen molar-refractivity contribution in [1.29, 1.82) is 10.8 Å². The highest BCUT2D eigenvalue weighted by atomic mass is 35.5. The molecule has 3 aromatic rings. The lowest BCUT2D eigenvalue weighted by atomic mass is 10.1. The lowest BCUT2D eigenvalue weighted by Gasteiger charge is -2.21. The maximum absolute atomic E-state index is 13.2. The van der Waals surface area contributed by atoms with Crippen molar-refractivity contribution < 1.29 is 18.3 Å². The molecule has 18 heteroatoms. The average Bonchev–Trinajstić information content (AvgIpc) is 2.77. The van der Waals surface area contributed by atoms with Crippen LogP contribution in [0, 0.1) is 10.8 Å². The first kappa shape index (κ1) is 36.0. The third-order valence-corrected chi connectivity index (χ3v) is 6.30. The number of hydrogen-bond acceptors (Lipinski definition) is 7. The first-order chi connectivity index (χ1) is 15.9. The molecule has 0 saturated carbocycles. The number of sulfonamides is 1. The van der Waals surface area contributed by atoms with Crippen molar-refractivity contribution in [3.05, 3.63) is 60.7 Å². The van der Waals surface area contributed by atoms with E-state index in [4.69, 9.17) is 28.3 Å². The molecule has 0 spiro atoms. The molecule has 0 aliphatic carbocycles. The van der Waals surface area contributed by atoms with E-state index in [1.165, 1.54) is 36.8 Å². The van der Waals surface area contributed by atoms with Crippen LogP contribution in [0.2, 0.25) is 0 Å². The fourth-order valence-corrected chi connectivity index (χ4v) is 4.31. The van der Waals surface area contributed by atoms with E-state index in [2.05, 4.69) is 21.4 Å². The van der Waals surface area contributed by atoms with Crippen LogP contribution >= 0.6 is 49.0 Å². The lowest BCUT2D eigenvalue weighted by molar-refractivity contribution is -0.137. The van der Waals surface area contributed by atoms with Crippen LogP contribution in [0.25, 0.3) is 10.8 Å². The molecule has 204 valence electrons. The predicted molar refractivity (Wildman–Crippen MR) is 149 cm³/mol. The number of halogens is 4. The van der Waals surface area contributed by atoms with Crippen LogP contribution in [-0.2, 0) is 21.4 Å². The third kappa shape index (κ3) is 10.0. The number of pyridine rings is 2.